The minimum Gasteiger partial charge on any atom is -0.334 e. The van der Waals surface area contributed by atoms with E-state index in [0.717, 1.165) is 34.1 Å². The molecular formula is C21H24BrN3O2. The first-order chi connectivity index (χ1) is 13.0. The van der Waals surface area contributed by atoms with Crippen LogP contribution in [0.1, 0.15) is 36.8 Å². The van der Waals surface area contributed by atoms with Crippen molar-refractivity contribution in [1.29, 1.82) is 0 Å². The highest BCUT2D eigenvalue weighted by atomic mass is 79.9. The second-order valence-electron chi connectivity index (χ2n) is 7.00. The molecule has 3 rings (SSSR count). The molecule has 5 nitrogen and oxygen atoms in total. The summed E-state index contributed by atoms with van der Waals surface area (Å²) in [5.41, 5.74) is 1.89. The SMILES string of the molecule is Cc1cc(Br)ccc1NC(=O)C1(NC(=O)NCc2ccccc2)CCCC1. The van der Waals surface area contributed by atoms with Gasteiger partial charge in [0, 0.05) is 16.7 Å². The van der Waals surface area contributed by atoms with Gasteiger partial charge in [-0.2, -0.15) is 0 Å². The molecule has 3 N–H and O–H groups in total. The molecule has 3 amide bonds. The highest BCUT2D eigenvalue weighted by Gasteiger charge is 2.42. The maximum absolute atomic E-state index is 13.0. The van der Waals surface area contributed by atoms with E-state index >= 15 is 0 Å². The number of carbonyl (C=O) groups excluding carboxylic acids is 2. The first-order valence-corrected chi connectivity index (χ1v) is 9.95. The number of halogens is 1. The Kier molecular flexibility index (Phi) is 6.16. The fraction of sp³-hybridized carbons (Fsp3) is 0.333. The Morgan fingerprint density at radius 1 is 1.07 bits per heavy atom. The van der Waals surface area contributed by atoms with Crippen LogP contribution in [0.3, 0.4) is 0 Å². The normalized spacial score (nSPS) is 15.2. The van der Waals surface area contributed by atoms with E-state index in [0.29, 0.717) is 19.4 Å². The van der Waals surface area contributed by atoms with E-state index in [4.69, 9.17) is 0 Å². The number of benzene rings is 2. The summed E-state index contributed by atoms with van der Waals surface area (Å²) in [7, 11) is 0. The van der Waals surface area contributed by atoms with E-state index in [-0.39, 0.29) is 11.9 Å². The van der Waals surface area contributed by atoms with Gasteiger partial charge in [-0.05, 0) is 49.1 Å². The molecule has 1 aliphatic rings. The van der Waals surface area contributed by atoms with Crippen LogP contribution in [0.25, 0.3) is 0 Å². The number of carbonyl (C=O) groups is 2. The average molecular weight is 430 g/mol. The molecule has 2 aromatic carbocycles. The standard InChI is InChI=1S/C21H24BrN3O2/c1-15-13-17(22)9-10-18(15)24-19(26)21(11-5-6-12-21)25-20(27)23-14-16-7-3-2-4-8-16/h2-4,7-10,13H,5-6,11-12,14H2,1H3,(H,24,26)(H2,23,25,27). The van der Waals surface area contributed by atoms with Crippen molar-refractivity contribution in [3.63, 3.8) is 0 Å². The molecule has 0 atom stereocenters. The van der Waals surface area contributed by atoms with Crippen LogP contribution in [0.4, 0.5) is 10.5 Å². The fourth-order valence-electron chi connectivity index (χ4n) is 3.44. The second-order valence-corrected chi connectivity index (χ2v) is 7.91. The monoisotopic (exact) mass is 429 g/mol. The van der Waals surface area contributed by atoms with Gasteiger partial charge in [0.15, 0.2) is 0 Å². The molecule has 0 spiro atoms. The highest BCUT2D eigenvalue weighted by molar-refractivity contribution is 9.10. The third-order valence-electron chi connectivity index (χ3n) is 4.98. The minimum atomic E-state index is -0.861. The van der Waals surface area contributed by atoms with Crippen LogP contribution in [-0.2, 0) is 11.3 Å². The zero-order valence-corrected chi connectivity index (χ0v) is 16.9. The van der Waals surface area contributed by atoms with Crippen LogP contribution in [0.5, 0.6) is 0 Å². The van der Waals surface area contributed by atoms with Crippen LogP contribution in [0, 0.1) is 6.92 Å². The van der Waals surface area contributed by atoms with Gasteiger partial charge in [0.25, 0.3) is 0 Å². The van der Waals surface area contributed by atoms with E-state index < -0.39 is 5.54 Å². The predicted molar refractivity (Wildman–Crippen MR) is 111 cm³/mol. The molecule has 0 aromatic heterocycles. The van der Waals surface area contributed by atoms with Crippen molar-refractivity contribution in [3.8, 4) is 0 Å². The molecule has 1 aliphatic carbocycles. The summed E-state index contributed by atoms with van der Waals surface area (Å²) in [4.78, 5) is 25.5. The van der Waals surface area contributed by atoms with E-state index in [1.807, 2.05) is 55.5 Å². The Hall–Kier alpha value is -2.34. The Bertz CT molecular complexity index is 817. The summed E-state index contributed by atoms with van der Waals surface area (Å²) in [5, 5.41) is 8.79. The number of hydrogen-bond acceptors (Lipinski definition) is 2. The fourth-order valence-corrected chi connectivity index (χ4v) is 3.91. The number of amides is 3. The van der Waals surface area contributed by atoms with Crippen LogP contribution in [0.2, 0.25) is 0 Å². The lowest BCUT2D eigenvalue weighted by Gasteiger charge is -2.29. The maximum atomic E-state index is 13.0. The molecule has 0 aliphatic heterocycles. The summed E-state index contributed by atoms with van der Waals surface area (Å²) in [6, 6.07) is 15.1. The number of anilines is 1. The van der Waals surface area contributed by atoms with Crippen LogP contribution in [-0.4, -0.2) is 17.5 Å². The summed E-state index contributed by atoms with van der Waals surface area (Å²) in [6.45, 7) is 2.37. The molecule has 0 radical (unpaired) electrons. The third kappa shape index (κ3) is 4.89. The zero-order chi connectivity index (χ0) is 19.3. The zero-order valence-electron chi connectivity index (χ0n) is 15.3. The second kappa shape index (κ2) is 8.57. The van der Waals surface area contributed by atoms with Crippen molar-refractivity contribution in [2.75, 3.05) is 5.32 Å². The maximum Gasteiger partial charge on any atom is 0.315 e. The number of aryl methyl sites for hydroxylation is 1. The molecule has 1 fully saturated rings. The van der Waals surface area contributed by atoms with E-state index in [9.17, 15) is 9.59 Å². The summed E-state index contributed by atoms with van der Waals surface area (Å²) in [6.07, 6.45) is 3.14. The Morgan fingerprint density at radius 3 is 2.44 bits per heavy atom. The lowest BCUT2D eigenvalue weighted by molar-refractivity contribution is -0.121. The molecular weight excluding hydrogens is 406 g/mol. The van der Waals surface area contributed by atoms with E-state index in [2.05, 4.69) is 31.9 Å². The summed E-state index contributed by atoms with van der Waals surface area (Å²) < 4.78 is 0.965. The molecule has 2 aromatic rings. The Balaban J connectivity index is 1.65. The van der Waals surface area contributed by atoms with Gasteiger partial charge in [-0.3, -0.25) is 4.79 Å². The first-order valence-electron chi connectivity index (χ1n) is 9.16. The lowest BCUT2D eigenvalue weighted by atomic mass is 9.96. The molecule has 0 unspecified atom stereocenters. The Labute approximate surface area is 168 Å². The van der Waals surface area contributed by atoms with Crippen molar-refractivity contribution in [1.82, 2.24) is 10.6 Å². The lowest BCUT2D eigenvalue weighted by Crippen LogP contribution is -2.57. The number of hydrogen-bond donors (Lipinski definition) is 3. The van der Waals surface area contributed by atoms with Gasteiger partial charge < -0.3 is 16.0 Å². The Morgan fingerprint density at radius 2 is 1.78 bits per heavy atom. The van der Waals surface area contributed by atoms with Gasteiger partial charge in [-0.1, -0.05) is 59.1 Å². The molecule has 0 bridgehead atoms. The number of rotatable bonds is 5. The van der Waals surface area contributed by atoms with Gasteiger partial charge in [-0.15, -0.1) is 0 Å². The average Bonchev–Trinajstić information content (AvgIpc) is 3.13. The highest BCUT2D eigenvalue weighted by Crippen LogP contribution is 2.31. The molecule has 27 heavy (non-hydrogen) atoms. The van der Waals surface area contributed by atoms with Gasteiger partial charge in [0.05, 0.1) is 0 Å². The summed E-state index contributed by atoms with van der Waals surface area (Å²) >= 11 is 3.43. The van der Waals surface area contributed by atoms with Crippen LogP contribution < -0.4 is 16.0 Å². The predicted octanol–water partition coefficient (Wildman–Crippen LogP) is 4.51. The van der Waals surface area contributed by atoms with E-state index in [1.165, 1.54) is 0 Å². The number of nitrogens with one attached hydrogen (secondary N) is 3. The molecule has 0 heterocycles. The van der Waals surface area contributed by atoms with Crippen molar-refractivity contribution < 1.29 is 9.59 Å². The largest absolute Gasteiger partial charge is 0.334 e. The first kappa shape index (κ1) is 19.4. The quantitative estimate of drug-likeness (QED) is 0.654. The molecule has 0 saturated heterocycles. The van der Waals surface area contributed by atoms with E-state index in [1.54, 1.807) is 0 Å². The number of urea groups is 1. The smallest absolute Gasteiger partial charge is 0.315 e. The molecule has 1 saturated carbocycles. The van der Waals surface area contributed by atoms with Crippen molar-refractivity contribution in [2.45, 2.75) is 44.7 Å². The minimum absolute atomic E-state index is 0.153. The topological polar surface area (TPSA) is 70.2 Å². The molecule has 142 valence electrons. The van der Waals surface area contributed by atoms with Gasteiger partial charge in [-0.25, -0.2) is 4.79 Å². The summed E-state index contributed by atoms with van der Waals surface area (Å²) in [5.74, 6) is -0.153. The van der Waals surface area contributed by atoms with Crippen molar-refractivity contribution in [3.05, 3.63) is 64.1 Å². The van der Waals surface area contributed by atoms with Crippen LogP contribution in [0.15, 0.2) is 53.0 Å². The van der Waals surface area contributed by atoms with Crippen molar-refractivity contribution in [2.24, 2.45) is 0 Å². The van der Waals surface area contributed by atoms with Gasteiger partial charge >= 0.3 is 6.03 Å². The third-order valence-corrected chi connectivity index (χ3v) is 5.47. The van der Waals surface area contributed by atoms with Crippen molar-refractivity contribution >= 4 is 33.6 Å². The molecule has 6 heteroatoms. The van der Waals surface area contributed by atoms with Gasteiger partial charge in [0.1, 0.15) is 5.54 Å². The van der Waals surface area contributed by atoms with Crippen LogP contribution >= 0.6 is 15.9 Å². The van der Waals surface area contributed by atoms with Gasteiger partial charge in [0.2, 0.25) is 5.91 Å².